The van der Waals surface area contributed by atoms with Gasteiger partial charge in [-0.25, -0.2) is 15.0 Å². The van der Waals surface area contributed by atoms with Gasteiger partial charge in [-0.3, -0.25) is 0 Å². The molecule has 11 aromatic rings. The number of furan rings is 2. The first-order valence-electron chi connectivity index (χ1n) is 16.9. The molecule has 51 heavy (non-hydrogen) atoms. The van der Waals surface area contributed by atoms with Crippen molar-refractivity contribution in [2.24, 2.45) is 0 Å². The van der Waals surface area contributed by atoms with Crippen LogP contribution < -0.4 is 0 Å². The normalized spacial score (nSPS) is 11.9. The zero-order valence-electron chi connectivity index (χ0n) is 27.1. The van der Waals surface area contributed by atoms with E-state index in [1.165, 1.54) is 10.8 Å². The van der Waals surface area contributed by atoms with Crippen LogP contribution in [0.5, 0.6) is 0 Å². The van der Waals surface area contributed by atoms with Crippen molar-refractivity contribution < 1.29 is 8.83 Å². The Kier molecular flexibility index (Phi) is 5.86. The second-order valence-corrected chi connectivity index (χ2v) is 12.8. The maximum atomic E-state index is 6.60. The third kappa shape index (κ3) is 4.26. The number of para-hydroxylation sites is 2. The summed E-state index contributed by atoms with van der Waals surface area (Å²) in [6.45, 7) is 0. The molecule has 4 aromatic heterocycles. The molecule has 0 unspecified atom stereocenters. The number of rotatable bonds is 4. The molecule has 6 nitrogen and oxygen atoms in total. The van der Waals surface area contributed by atoms with Crippen molar-refractivity contribution in [1.82, 2.24) is 19.5 Å². The molecule has 0 atom stereocenters. The summed E-state index contributed by atoms with van der Waals surface area (Å²) in [4.78, 5) is 14.8. The average Bonchev–Trinajstić information content (AvgIpc) is 3.86. The molecule has 0 bridgehead atoms. The number of hydrogen-bond acceptors (Lipinski definition) is 5. The number of nitrogens with zero attached hydrogens (tertiary/aromatic N) is 4. The molecule has 11 rings (SSSR count). The molecule has 0 radical (unpaired) electrons. The standard InChI is InChI=1S/C45H26N4O2/c1-3-12-27(13-4-1)43-46-44(28-14-5-2-6-15-28)48-45(47-43)29-22-23-38-32(24-29)33-25-41-34(26-40(33)50-38)42-37(20-11-21-39(42)51-41)49-35-18-9-7-16-30(35)31-17-8-10-19-36(31)49/h1-26H. The van der Waals surface area contributed by atoms with Crippen LogP contribution in [0.2, 0.25) is 0 Å². The molecule has 0 saturated carbocycles. The van der Waals surface area contributed by atoms with Gasteiger partial charge >= 0.3 is 0 Å². The molecular weight excluding hydrogens is 629 g/mol. The summed E-state index contributed by atoms with van der Waals surface area (Å²) in [5, 5.41) is 6.44. The molecule has 238 valence electrons. The Bertz CT molecular complexity index is 3030. The molecule has 4 heterocycles. The van der Waals surface area contributed by atoms with Gasteiger partial charge in [0.2, 0.25) is 0 Å². The maximum Gasteiger partial charge on any atom is 0.164 e. The van der Waals surface area contributed by atoms with E-state index in [0.29, 0.717) is 17.5 Å². The Hall–Kier alpha value is -7.05. The van der Waals surface area contributed by atoms with Crippen LogP contribution in [0.3, 0.4) is 0 Å². The molecular formula is C45H26N4O2. The van der Waals surface area contributed by atoms with Crippen LogP contribution in [0.1, 0.15) is 0 Å². The number of aromatic nitrogens is 4. The van der Waals surface area contributed by atoms with E-state index in [2.05, 4.69) is 83.4 Å². The summed E-state index contributed by atoms with van der Waals surface area (Å²) < 4.78 is 15.5. The van der Waals surface area contributed by atoms with Gasteiger partial charge in [-0.15, -0.1) is 0 Å². The van der Waals surface area contributed by atoms with Gasteiger partial charge in [0.05, 0.1) is 22.1 Å². The molecule has 0 N–H and O–H groups in total. The monoisotopic (exact) mass is 654 g/mol. The Morgan fingerprint density at radius 2 is 0.882 bits per heavy atom. The first-order chi connectivity index (χ1) is 25.3. The highest BCUT2D eigenvalue weighted by atomic mass is 16.3. The summed E-state index contributed by atoms with van der Waals surface area (Å²) in [5.41, 5.74) is 9.32. The van der Waals surface area contributed by atoms with Crippen LogP contribution in [-0.4, -0.2) is 19.5 Å². The first-order valence-corrected chi connectivity index (χ1v) is 16.9. The average molecular weight is 655 g/mol. The van der Waals surface area contributed by atoms with E-state index < -0.39 is 0 Å². The fourth-order valence-electron chi connectivity index (χ4n) is 7.52. The lowest BCUT2D eigenvalue weighted by Gasteiger charge is -2.09. The quantitative estimate of drug-likeness (QED) is 0.189. The minimum absolute atomic E-state index is 0.597. The van der Waals surface area contributed by atoms with Crippen molar-refractivity contribution in [3.63, 3.8) is 0 Å². The van der Waals surface area contributed by atoms with E-state index in [1.807, 2.05) is 78.9 Å². The van der Waals surface area contributed by atoms with Crippen molar-refractivity contribution in [3.05, 3.63) is 158 Å². The third-order valence-electron chi connectivity index (χ3n) is 9.84. The van der Waals surface area contributed by atoms with Gasteiger partial charge in [0, 0.05) is 43.6 Å². The number of hydrogen-bond donors (Lipinski definition) is 0. The lowest BCUT2D eigenvalue weighted by atomic mass is 10.1. The summed E-state index contributed by atoms with van der Waals surface area (Å²) in [7, 11) is 0. The highest BCUT2D eigenvalue weighted by Crippen LogP contribution is 2.42. The van der Waals surface area contributed by atoms with Crippen molar-refractivity contribution in [3.8, 4) is 39.9 Å². The predicted molar refractivity (Wildman–Crippen MR) is 205 cm³/mol. The van der Waals surface area contributed by atoms with Gasteiger partial charge in [0.1, 0.15) is 22.3 Å². The molecule has 7 aromatic carbocycles. The van der Waals surface area contributed by atoms with Gasteiger partial charge in [0.15, 0.2) is 17.5 Å². The highest BCUT2D eigenvalue weighted by Gasteiger charge is 2.20. The van der Waals surface area contributed by atoms with E-state index in [4.69, 9.17) is 23.8 Å². The summed E-state index contributed by atoms with van der Waals surface area (Å²) >= 11 is 0. The van der Waals surface area contributed by atoms with Crippen molar-refractivity contribution in [2.75, 3.05) is 0 Å². The van der Waals surface area contributed by atoms with Crippen LogP contribution in [0.25, 0.3) is 106 Å². The van der Waals surface area contributed by atoms with E-state index in [9.17, 15) is 0 Å². The summed E-state index contributed by atoms with van der Waals surface area (Å²) in [6, 6.07) is 53.8. The van der Waals surface area contributed by atoms with Crippen LogP contribution in [0.4, 0.5) is 0 Å². The molecule has 0 aliphatic heterocycles. The highest BCUT2D eigenvalue weighted by molar-refractivity contribution is 6.18. The third-order valence-corrected chi connectivity index (χ3v) is 9.84. The predicted octanol–water partition coefficient (Wildman–Crippen LogP) is 11.8. The zero-order chi connectivity index (χ0) is 33.5. The summed E-state index contributed by atoms with van der Waals surface area (Å²) in [5.74, 6) is 1.85. The second-order valence-electron chi connectivity index (χ2n) is 12.8. The Morgan fingerprint density at radius 3 is 1.55 bits per heavy atom. The van der Waals surface area contributed by atoms with Gasteiger partial charge in [-0.1, -0.05) is 103 Å². The first kappa shape index (κ1) is 27.9. The Morgan fingerprint density at radius 1 is 0.353 bits per heavy atom. The second kappa shape index (κ2) is 10.7. The van der Waals surface area contributed by atoms with Gasteiger partial charge in [-0.05, 0) is 54.6 Å². The molecule has 0 amide bonds. The largest absolute Gasteiger partial charge is 0.456 e. The fourth-order valence-corrected chi connectivity index (χ4v) is 7.52. The van der Waals surface area contributed by atoms with Crippen LogP contribution in [0, 0.1) is 0 Å². The van der Waals surface area contributed by atoms with Gasteiger partial charge < -0.3 is 13.4 Å². The number of fused-ring (bicyclic) bond motifs is 9. The SMILES string of the molecule is c1ccc(-c2nc(-c3ccccc3)nc(-c3ccc4oc5cc6c(cc5c4c3)oc3cccc(-n4c5ccccc5c5ccccc54)c36)n2)cc1. The minimum atomic E-state index is 0.597. The van der Waals surface area contributed by atoms with Crippen LogP contribution in [0.15, 0.2) is 167 Å². The molecule has 0 aliphatic rings. The van der Waals surface area contributed by atoms with E-state index in [1.54, 1.807) is 0 Å². The van der Waals surface area contributed by atoms with E-state index in [0.717, 1.165) is 77.3 Å². The zero-order valence-corrected chi connectivity index (χ0v) is 27.1. The van der Waals surface area contributed by atoms with E-state index in [-0.39, 0.29) is 0 Å². The lowest BCUT2D eigenvalue weighted by molar-refractivity contribution is 0.664. The van der Waals surface area contributed by atoms with Crippen LogP contribution in [-0.2, 0) is 0 Å². The van der Waals surface area contributed by atoms with Crippen molar-refractivity contribution in [2.45, 2.75) is 0 Å². The van der Waals surface area contributed by atoms with Gasteiger partial charge in [0.25, 0.3) is 0 Å². The number of benzene rings is 7. The Balaban J connectivity index is 1.11. The minimum Gasteiger partial charge on any atom is -0.456 e. The van der Waals surface area contributed by atoms with Crippen molar-refractivity contribution >= 4 is 65.7 Å². The Labute approximate surface area is 290 Å². The summed E-state index contributed by atoms with van der Waals surface area (Å²) in [6.07, 6.45) is 0. The topological polar surface area (TPSA) is 69.9 Å². The van der Waals surface area contributed by atoms with Gasteiger partial charge in [-0.2, -0.15) is 0 Å². The fraction of sp³-hybridized carbons (Fsp3) is 0. The van der Waals surface area contributed by atoms with Crippen molar-refractivity contribution in [1.29, 1.82) is 0 Å². The molecule has 0 aliphatic carbocycles. The van der Waals surface area contributed by atoms with E-state index >= 15 is 0 Å². The lowest BCUT2D eigenvalue weighted by Crippen LogP contribution is -2.00. The molecule has 0 saturated heterocycles. The smallest absolute Gasteiger partial charge is 0.164 e. The molecule has 6 heteroatoms. The maximum absolute atomic E-state index is 6.60. The van der Waals surface area contributed by atoms with Crippen LogP contribution >= 0.6 is 0 Å². The molecule has 0 fully saturated rings. The molecule has 0 spiro atoms.